The van der Waals surface area contributed by atoms with Gasteiger partial charge in [0.2, 0.25) is 5.88 Å². The van der Waals surface area contributed by atoms with Gasteiger partial charge in [0.25, 0.3) is 0 Å². The van der Waals surface area contributed by atoms with Gasteiger partial charge in [0.05, 0.1) is 0 Å². The highest BCUT2D eigenvalue weighted by Gasteiger charge is 2.21. The van der Waals surface area contributed by atoms with E-state index < -0.39 is 0 Å². The smallest absolute Gasteiger partial charge is 0.241 e. The Hall–Kier alpha value is -1.94. The van der Waals surface area contributed by atoms with Crippen molar-refractivity contribution in [2.45, 2.75) is 25.7 Å². The predicted octanol–water partition coefficient (Wildman–Crippen LogP) is 3.04. The first-order chi connectivity index (χ1) is 9.84. The molecule has 1 saturated heterocycles. The molecule has 0 radical (unpaired) electrons. The van der Waals surface area contributed by atoms with Gasteiger partial charge in [-0.3, -0.25) is 4.98 Å². The first kappa shape index (κ1) is 13.1. The van der Waals surface area contributed by atoms with Gasteiger partial charge in [0.1, 0.15) is 11.4 Å². The van der Waals surface area contributed by atoms with E-state index in [1.54, 1.807) is 12.4 Å². The molecule has 1 aromatic heterocycles. The molecule has 1 N–H and O–H groups in total. The Morgan fingerprint density at radius 1 is 1.20 bits per heavy atom. The number of nitrogens with one attached hydrogen (secondary N) is 1. The maximum absolute atomic E-state index is 5.99. The van der Waals surface area contributed by atoms with Crippen molar-refractivity contribution in [2.75, 3.05) is 13.1 Å². The third-order valence-electron chi connectivity index (χ3n) is 3.67. The molecule has 4 nitrogen and oxygen atoms in total. The first-order valence-corrected chi connectivity index (χ1v) is 7.09. The average molecular weight is 269 g/mol. The molecule has 4 heteroatoms. The molecule has 1 aromatic carbocycles. The third kappa shape index (κ3) is 2.80. The van der Waals surface area contributed by atoms with Gasteiger partial charge in [-0.15, -0.1) is 0 Å². The summed E-state index contributed by atoms with van der Waals surface area (Å²) in [5.41, 5.74) is 2.06. The lowest BCUT2D eigenvalue weighted by Crippen LogP contribution is -2.29. The summed E-state index contributed by atoms with van der Waals surface area (Å²) in [5.74, 6) is 1.87. The molecule has 0 spiro atoms. The van der Waals surface area contributed by atoms with Crippen LogP contribution in [-0.2, 0) is 0 Å². The lowest BCUT2D eigenvalue weighted by molar-refractivity contribution is 0.410. The Bertz CT molecular complexity index is 579. The van der Waals surface area contributed by atoms with Crippen LogP contribution in [0.15, 0.2) is 36.7 Å². The summed E-state index contributed by atoms with van der Waals surface area (Å²) in [7, 11) is 0. The maximum Gasteiger partial charge on any atom is 0.241 e. The Kier molecular flexibility index (Phi) is 3.92. The molecular formula is C16H19N3O. The van der Waals surface area contributed by atoms with Crippen molar-refractivity contribution >= 4 is 0 Å². The van der Waals surface area contributed by atoms with Crippen molar-refractivity contribution in [1.82, 2.24) is 15.3 Å². The highest BCUT2D eigenvalue weighted by atomic mass is 16.5. The van der Waals surface area contributed by atoms with Crippen molar-refractivity contribution in [1.29, 1.82) is 0 Å². The third-order valence-corrected chi connectivity index (χ3v) is 3.67. The van der Waals surface area contributed by atoms with Crippen molar-refractivity contribution in [3.05, 3.63) is 47.9 Å². The van der Waals surface area contributed by atoms with Gasteiger partial charge in [0, 0.05) is 24.9 Å². The summed E-state index contributed by atoms with van der Waals surface area (Å²) in [4.78, 5) is 8.88. The van der Waals surface area contributed by atoms with Crippen LogP contribution in [0.25, 0.3) is 0 Å². The van der Waals surface area contributed by atoms with Gasteiger partial charge in [-0.05, 0) is 37.9 Å². The highest BCUT2D eigenvalue weighted by Crippen LogP contribution is 2.31. The second kappa shape index (κ2) is 6.01. The van der Waals surface area contributed by atoms with E-state index in [4.69, 9.17) is 4.74 Å². The number of aryl methyl sites for hydroxylation is 1. The van der Waals surface area contributed by atoms with Crippen LogP contribution >= 0.6 is 0 Å². The fraction of sp³-hybridized carbons (Fsp3) is 0.375. The second-order valence-corrected chi connectivity index (χ2v) is 5.16. The summed E-state index contributed by atoms with van der Waals surface area (Å²) in [6.45, 7) is 4.07. The number of benzene rings is 1. The molecule has 3 rings (SSSR count). The SMILES string of the molecule is Cc1ccccc1Oc1nccnc1C1CCCNC1. The largest absolute Gasteiger partial charge is 0.437 e. The number of para-hydroxylation sites is 1. The van der Waals surface area contributed by atoms with Crippen LogP contribution < -0.4 is 10.1 Å². The molecule has 1 atom stereocenters. The normalized spacial score (nSPS) is 18.8. The molecule has 0 amide bonds. The summed E-state index contributed by atoms with van der Waals surface area (Å²) in [5, 5.41) is 3.41. The van der Waals surface area contributed by atoms with E-state index in [-0.39, 0.29) is 0 Å². The number of piperidine rings is 1. The van der Waals surface area contributed by atoms with E-state index in [0.29, 0.717) is 11.8 Å². The minimum absolute atomic E-state index is 0.386. The Morgan fingerprint density at radius 2 is 2.05 bits per heavy atom. The van der Waals surface area contributed by atoms with Crippen LogP contribution in [0.2, 0.25) is 0 Å². The molecule has 0 aliphatic carbocycles. The van der Waals surface area contributed by atoms with E-state index in [1.165, 1.54) is 6.42 Å². The van der Waals surface area contributed by atoms with Crippen LogP contribution in [0.1, 0.15) is 30.0 Å². The molecule has 1 aliphatic heterocycles. The average Bonchev–Trinajstić information content (AvgIpc) is 2.51. The van der Waals surface area contributed by atoms with Crippen molar-refractivity contribution in [2.24, 2.45) is 0 Å². The second-order valence-electron chi connectivity index (χ2n) is 5.16. The zero-order valence-electron chi connectivity index (χ0n) is 11.7. The number of aromatic nitrogens is 2. The van der Waals surface area contributed by atoms with Crippen LogP contribution in [0.3, 0.4) is 0 Å². The number of hydrogen-bond donors (Lipinski definition) is 1. The summed E-state index contributed by atoms with van der Waals surface area (Å²) in [6.07, 6.45) is 5.74. The standard InChI is InChI=1S/C16H19N3O/c1-12-5-2-3-7-14(12)20-16-15(18-9-10-19-16)13-6-4-8-17-11-13/h2-3,5,7,9-10,13,17H,4,6,8,11H2,1H3. The quantitative estimate of drug-likeness (QED) is 0.930. The number of hydrogen-bond acceptors (Lipinski definition) is 4. The number of nitrogens with zero attached hydrogens (tertiary/aromatic N) is 2. The van der Waals surface area contributed by atoms with Gasteiger partial charge in [-0.25, -0.2) is 4.98 Å². The Morgan fingerprint density at radius 3 is 2.85 bits per heavy atom. The molecular weight excluding hydrogens is 250 g/mol. The maximum atomic E-state index is 5.99. The highest BCUT2D eigenvalue weighted by molar-refractivity contribution is 5.36. The fourth-order valence-electron chi connectivity index (χ4n) is 2.55. The molecule has 2 heterocycles. The molecule has 2 aromatic rings. The lowest BCUT2D eigenvalue weighted by Gasteiger charge is -2.23. The monoisotopic (exact) mass is 269 g/mol. The molecule has 1 unspecified atom stereocenters. The minimum Gasteiger partial charge on any atom is -0.437 e. The van der Waals surface area contributed by atoms with E-state index >= 15 is 0 Å². The topological polar surface area (TPSA) is 47.0 Å². The van der Waals surface area contributed by atoms with Gasteiger partial charge in [-0.1, -0.05) is 18.2 Å². The number of ether oxygens (including phenoxy) is 1. The predicted molar refractivity (Wildman–Crippen MR) is 78.1 cm³/mol. The van der Waals surface area contributed by atoms with Crippen molar-refractivity contribution in [3.8, 4) is 11.6 Å². The summed E-state index contributed by atoms with van der Waals surface area (Å²) >= 11 is 0. The van der Waals surface area contributed by atoms with Crippen LogP contribution in [0, 0.1) is 6.92 Å². The van der Waals surface area contributed by atoms with Crippen molar-refractivity contribution < 1.29 is 4.74 Å². The fourth-order valence-corrected chi connectivity index (χ4v) is 2.55. The van der Waals surface area contributed by atoms with Crippen molar-refractivity contribution in [3.63, 3.8) is 0 Å². The molecule has 1 aliphatic rings. The minimum atomic E-state index is 0.386. The van der Waals surface area contributed by atoms with Crippen LogP contribution in [0.4, 0.5) is 0 Å². The Labute approximate surface area is 119 Å². The molecule has 1 fully saturated rings. The summed E-state index contributed by atoms with van der Waals surface area (Å²) in [6, 6.07) is 7.98. The molecule has 104 valence electrons. The van der Waals surface area contributed by atoms with E-state index in [1.807, 2.05) is 31.2 Å². The molecule has 20 heavy (non-hydrogen) atoms. The Balaban J connectivity index is 1.88. The zero-order chi connectivity index (χ0) is 13.8. The van der Waals surface area contributed by atoms with Gasteiger partial charge in [0.15, 0.2) is 0 Å². The van der Waals surface area contributed by atoms with Gasteiger partial charge < -0.3 is 10.1 Å². The summed E-state index contributed by atoms with van der Waals surface area (Å²) < 4.78 is 5.99. The van der Waals surface area contributed by atoms with Gasteiger partial charge >= 0.3 is 0 Å². The van der Waals surface area contributed by atoms with Gasteiger partial charge in [-0.2, -0.15) is 0 Å². The van der Waals surface area contributed by atoms with Crippen LogP contribution in [0.5, 0.6) is 11.6 Å². The van der Waals surface area contributed by atoms with E-state index in [0.717, 1.165) is 36.5 Å². The van der Waals surface area contributed by atoms with E-state index in [9.17, 15) is 0 Å². The first-order valence-electron chi connectivity index (χ1n) is 7.09. The zero-order valence-corrected chi connectivity index (χ0v) is 11.7. The lowest BCUT2D eigenvalue weighted by atomic mass is 9.96. The van der Waals surface area contributed by atoms with Crippen LogP contribution in [-0.4, -0.2) is 23.1 Å². The molecule has 0 bridgehead atoms. The molecule has 0 saturated carbocycles. The number of rotatable bonds is 3. The van der Waals surface area contributed by atoms with E-state index in [2.05, 4.69) is 15.3 Å².